The van der Waals surface area contributed by atoms with Gasteiger partial charge < -0.3 is 0 Å². The van der Waals surface area contributed by atoms with Crippen molar-refractivity contribution >= 4 is 20.6 Å². The number of nitrogens with one attached hydrogen (secondary N) is 2. The Morgan fingerprint density at radius 2 is 0.917 bits per heavy atom. The van der Waals surface area contributed by atoms with Crippen molar-refractivity contribution in [3.63, 3.8) is 0 Å². The zero-order valence-corrected chi connectivity index (χ0v) is 7.98. The van der Waals surface area contributed by atoms with Crippen LogP contribution in [0.3, 0.4) is 0 Å². The topological polar surface area (TPSA) is 133 Å². The molecule has 76 valence electrons. The summed E-state index contributed by atoms with van der Waals surface area (Å²) in [4.78, 5) is 0. The summed E-state index contributed by atoms with van der Waals surface area (Å²) in [5.74, 6) is 0. The van der Waals surface area contributed by atoms with Crippen LogP contribution >= 0.6 is 0 Å². The summed E-state index contributed by atoms with van der Waals surface area (Å²) >= 11 is 0. The van der Waals surface area contributed by atoms with E-state index in [1.165, 1.54) is 0 Å². The van der Waals surface area contributed by atoms with Gasteiger partial charge in [0.1, 0.15) is 0 Å². The predicted octanol–water partition coefficient (Wildman–Crippen LogP) is -1.98. The molecule has 0 aliphatic carbocycles. The second-order valence-electron chi connectivity index (χ2n) is 1.36. The lowest BCUT2D eigenvalue weighted by Crippen LogP contribution is -2.16. The monoisotopic (exact) mass is 222 g/mol. The van der Waals surface area contributed by atoms with E-state index in [9.17, 15) is 16.8 Å². The zero-order valence-electron chi connectivity index (χ0n) is 6.34. The van der Waals surface area contributed by atoms with Gasteiger partial charge in [-0.1, -0.05) is 0 Å². The Morgan fingerprint density at radius 1 is 0.833 bits per heavy atom. The summed E-state index contributed by atoms with van der Waals surface area (Å²) in [6.45, 7) is 0. The van der Waals surface area contributed by atoms with Gasteiger partial charge in [0.15, 0.2) is 0 Å². The maximum absolute atomic E-state index is 9.44. The Bertz CT molecular complexity index is 258. The van der Waals surface area contributed by atoms with Crippen molar-refractivity contribution in [1.82, 2.24) is 9.44 Å². The molecule has 0 saturated carbocycles. The molecule has 0 aromatic rings. The highest BCUT2D eigenvalue weighted by atomic mass is 32.2. The fourth-order valence-electron chi connectivity index (χ4n) is 0. The Labute approximate surface area is 70.7 Å². The summed E-state index contributed by atoms with van der Waals surface area (Å²) in [6.07, 6.45) is 0. The van der Waals surface area contributed by atoms with Crippen LogP contribution in [0.4, 0.5) is 0 Å². The minimum atomic E-state index is -3.91. The smallest absolute Gasteiger partial charge is 0.273 e. The van der Waals surface area contributed by atoms with Gasteiger partial charge in [0, 0.05) is 14.1 Å². The van der Waals surface area contributed by atoms with Gasteiger partial charge in [-0.15, -0.1) is 0 Å². The maximum Gasteiger partial charge on any atom is 0.333 e. The first-order valence-electron chi connectivity index (χ1n) is 2.44. The normalized spacial score (nSPS) is 11.7. The Morgan fingerprint density at radius 3 is 0.917 bits per heavy atom. The van der Waals surface area contributed by atoms with Crippen LogP contribution in [-0.2, 0) is 20.6 Å². The first-order chi connectivity index (χ1) is 5.12. The van der Waals surface area contributed by atoms with E-state index in [1.807, 2.05) is 0 Å². The van der Waals surface area contributed by atoms with Gasteiger partial charge in [0.2, 0.25) is 0 Å². The van der Waals surface area contributed by atoms with E-state index in [1.54, 1.807) is 9.44 Å². The first-order valence-corrected chi connectivity index (χ1v) is 5.32. The molecule has 0 aliphatic rings. The van der Waals surface area contributed by atoms with E-state index >= 15 is 0 Å². The first kappa shape index (κ1) is 14.3. The van der Waals surface area contributed by atoms with Crippen LogP contribution in [0, 0.1) is 0 Å². The molecule has 4 N–H and O–H groups in total. The van der Waals surface area contributed by atoms with E-state index in [2.05, 4.69) is 0 Å². The Balaban J connectivity index is 0. The quantitative estimate of drug-likeness (QED) is 0.400. The molecule has 0 atom stereocenters. The third-order valence-corrected chi connectivity index (χ3v) is 1.55. The van der Waals surface area contributed by atoms with Crippen molar-refractivity contribution in [3.05, 3.63) is 0 Å². The number of rotatable bonds is 2. The summed E-state index contributed by atoms with van der Waals surface area (Å²) in [5.41, 5.74) is 0. The molecule has 0 saturated heterocycles. The maximum atomic E-state index is 9.44. The van der Waals surface area contributed by atoms with E-state index < -0.39 is 20.6 Å². The van der Waals surface area contributed by atoms with Gasteiger partial charge in [-0.25, -0.2) is 0 Å². The van der Waals surface area contributed by atoms with E-state index in [0.717, 1.165) is 14.1 Å². The van der Waals surface area contributed by atoms with Crippen LogP contribution in [0.5, 0.6) is 0 Å². The number of hydrogen-bond donors (Lipinski definition) is 4. The van der Waals surface area contributed by atoms with Gasteiger partial charge in [0.05, 0.1) is 0 Å². The molecular formula is C2H10N2O6S2. The van der Waals surface area contributed by atoms with Crippen molar-refractivity contribution in [2.24, 2.45) is 0 Å². The largest absolute Gasteiger partial charge is 0.333 e. The lowest BCUT2D eigenvalue weighted by molar-refractivity contribution is 0.471. The van der Waals surface area contributed by atoms with Crippen LogP contribution in [0.25, 0.3) is 0 Å². The van der Waals surface area contributed by atoms with Crippen molar-refractivity contribution in [2.75, 3.05) is 14.1 Å². The average molecular weight is 222 g/mol. The molecule has 0 rings (SSSR count). The molecule has 10 heteroatoms. The molecule has 0 heterocycles. The molecule has 12 heavy (non-hydrogen) atoms. The van der Waals surface area contributed by atoms with E-state index in [-0.39, 0.29) is 0 Å². The van der Waals surface area contributed by atoms with Crippen molar-refractivity contribution in [3.8, 4) is 0 Å². The molecule has 0 radical (unpaired) electrons. The second-order valence-corrected chi connectivity index (χ2v) is 4.08. The molecule has 0 spiro atoms. The lowest BCUT2D eigenvalue weighted by Gasteiger charge is -1.83. The van der Waals surface area contributed by atoms with Crippen LogP contribution in [0.15, 0.2) is 0 Å². The third kappa shape index (κ3) is 22.6. The molecule has 0 unspecified atom stereocenters. The Kier molecular flexibility index (Phi) is 6.42. The van der Waals surface area contributed by atoms with Crippen molar-refractivity contribution in [1.29, 1.82) is 0 Å². The molecule has 0 amide bonds. The van der Waals surface area contributed by atoms with E-state index in [0.29, 0.717) is 0 Å². The summed E-state index contributed by atoms with van der Waals surface area (Å²) in [6, 6.07) is 0. The summed E-state index contributed by atoms with van der Waals surface area (Å²) < 4.78 is 56.4. The van der Waals surface area contributed by atoms with Gasteiger partial charge in [0.25, 0.3) is 0 Å². The molecule has 0 bridgehead atoms. The molecule has 0 aliphatic heterocycles. The summed E-state index contributed by atoms with van der Waals surface area (Å²) in [5, 5.41) is 0. The molecule has 0 aromatic heterocycles. The van der Waals surface area contributed by atoms with Crippen molar-refractivity contribution < 1.29 is 25.9 Å². The van der Waals surface area contributed by atoms with Crippen molar-refractivity contribution in [2.45, 2.75) is 0 Å². The highest BCUT2D eigenvalue weighted by Crippen LogP contribution is 1.61. The number of hydrogen-bond acceptors (Lipinski definition) is 4. The minimum Gasteiger partial charge on any atom is -0.273 e. The van der Waals surface area contributed by atoms with Gasteiger partial charge >= 0.3 is 20.6 Å². The van der Waals surface area contributed by atoms with E-state index in [4.69, 9.17) is 9.11 Å². The molecule has 0 fully saturated rings. The SMILES string of the molecule is CNS(=O)(=O)O.CNS(=O)(=O)O. The molecular weight excluding hydrogens is 212 g/mol. The minimum absolute atomic E-state index is 1.12. The molecule has 0 aromatic carbocycles. The average Bonchev–Trinajstić information content (AvgIpc) is 1.86. The van der Waals surface area contributed by atoms with Gasteiger partial charge in [-0.3, -0.25) is 9.11 Å². The van der Waals surface area contributed by atoms with Gasteiger partial charge in [-0.2, -0.15) is 26.3 Å². The standard InChI is InChI=1S/2CH5NO3S/c2*1-2-6(3,4)5/h2*2H,1H3,(H,3,4,5). The van der Waals surface area contributed by atoms with Crippen LogP contribution in [0.1, 0.15) is 0 Å². The van der Waals surface area contributed by atoms with Gasteiger partial charge in [-0.05, 0) is 0 Å². The fourth-order valence-corrected chi connectivity index (χ4v) is 0. The van der Waals surface area contributed by atoms with Crippen LogP contribution in [0.2, 0.25) is 0 Å². The lowest BCUT2D eigenvalue weighted by atomic mass is 11.6. The van der Waals surface area contributed by atoms with Crippen LogP contribution < -0.4 is 9.44 Å². The van der Waals surface area contributed by atoms with Crippen LogP contribution in [-0.4, -0.2) is 40.0 Å². The predicted molar refractivity (Wildman–Crippen MR) is 41.2 cm³/mol. The highest BCUT2D eigenvalue weighted by Gasteiger charge is 1.91. The third-order valence-electron chi connectivity index (χ3n) is 0.516. The highest BCUT2D eigenvalue weighted by molar-refractivity contribution is 7.84. The Hall–Kier alpha value is -0.260. The summed E-state index contributed by atoms with van der Waals surface area (Å²) in [7, 11) is -5.58. The fraction of sp³-hybridized carbons (Fsp3) is 1.00. The molecule has 8 nitrogen and oxygen atoms in total. The zero-order chi connectivity index (χ0) is 10.4. The second kappa shape index (κ2) is 5.40.